The highest BCUT2D eigenvalue weighted by molar-refractivity contribution is 7.90. The first-order valence-corrected chi connectivity index (χ1v) is 33.1. The fraction of sp³-hybridized carbons (Fsp3) is 0.540. The molecule has 4 aromatic heterocycles. The molecule has 2 aliphatic carbocycles. The van der Waals surface area contributed by atoms with Crippen molar-refractivity contribution in [2.45, 2.75) is 126 Å². The van der Waals surface area contributed by atoms with E-state index in [1.807, 2.05) is 41.5 Å². The van der Waals surface area contributed by atoms with Crippen molar-refractivity contribution in [3.63, 3.8) is 0 Å². The van der Waals surface area contributed by atoms with Crippen molar-refractivity contribution in [2.24, 2.45) is 11.3 Å². The van der Waals surface area contributed by atoms with Gasteiger partial charge < -0.3 is 49.1 Å². The highest BCUT2D eigenvalue weighted by Crippen LogP contribution is 2.54. The number of H-pyrrole nitrogens is 1. The average Bonchev–Trinajstić information content (AvgIpc) is 1.56. The highest BCUT2D eigenvalue weighted by Gasteiger charge is 2.51. The van der Waals surface area contributed by atoms with Gasteiger partial charge in [0.25, 0.3) is 21.6 Å². The van der Waals surface area contributed by atoms with E-state index in [-0.39, 0.29) is 52.1 Å². The molecule has 2 aromatic carbocycles. The van der Waals surface area contributed by atoms with Gasteiger partial charge in [0.2, 0.25) is 5.88 Å². The quantitative estimate of drug-likeness (QED) is 0.0522. The van der Waals surface area contributed by atoms with Crippen LogP contribution in [0.3, 0.4) is 0 Å². The molecule has 6 aromatic rings. The summed E-state index contributed by atoms with van der Waals surface area (Å²) in [6.45, 7) is 15.4. The van der Waals surface area contributed by atoms with Crippen LogP contribution < -0.4 is 34.2 Å². The number of amides is 1. The van der Waals surface area contributed by atoms with E-state index >= 15 is 4.39 Å². The molecule has 87 heavy (non-hydrogen) atoms. The number of hydrogen-bond acceptors (Lipinski definition) is 19. The smallest absolute Gasteiger partial charge is 0.293 e. The first kappa shape index (κ1) is 59.3. The fourth-order valence-corrected chi connectivity index (χ4v) is 16.6. The van der Waals surface area contributed by atoms with E-state index < -0.39 is 55.0 Å². The van der Waals surface area contributed by atoms with Crippen molar-refractivity contribution in [3.8, 4) is 11.6 Å². The summed E-state index contributed by atoms with van der Waals surface area (Å²) in [4.78, 5) is 52.1. The number of thiophene rings is 1. The third-order valence-corrected chi connectivity index (χ3v) is 22.1. The molecule has 0 unspecified atom stereocenters. The third kappa shape index (κ3) is 11.9. The van der Waals surface area contributed by atoms with Gasteiger partial charge in [-0.3, -0.25) is 24.7 Å². The number of sulfonamides is 1. The predicted octanol–water partition coefficient (Wildman–Crippen LogP) is 9.50. The van der Waals surface area contributed by atoms with E-state index in [2.05, 4.69) is 66.0 Å². The van der Waals surface area contributed by atoms with Crippen LogP contribution in [0.2, 0.25) is 0 Å². The lowest BCUT2D eigenvalue weighted by Crippen LogP contribution is -2.59. The van der Waals surface area contributed by atoms with Gasteiger partial charge in [0.1, 0.15) is 28.9 Å². The summed E-state index contributed by atoms with van der Waals surface area (Å²) in [5, 5.41) is 28.5. The number of aromatic nitrogens is 3. The number of piperazine rings is 1. The lowest BCUT2D eigenvalue weighted by Gasteiger charge is -2.58. The van der Waals surface area contributed by atoms with Gasteiger partial charge in [0.15, 0.2) is 11.6 Å². The SMILES string of the molecule is COc1cc(CN2CCN(C3CC4(CCN(c5ccc(C(=O)NS(=O)(=O)c6ccc(NC[C@H]7CC[C@](C)(O)CC7)c([N+](=O)[O-])c6)c(N6c7cc8c(F)c[nH]c8nc7O[C@H]7COCC[C@@H]76)c5)CC4)C3)[C@H](c3ccsc3C(C)C)C2)cnc1N1CCOCC1. The summed E-state index contributed by atoms with van der Waals surface area (Å²) in [6.07, 6.45) is 10.0. The molecule has 0 radical (unpaired) electrons. The summed E-state index contributed by atoms with van der Waals surface area (Å²) >= 11 is 1.86. The minimum Gasteiger partial charge on any atom is -0.493 e. The standard InChI is InChI=1S/C63H78FN11O10S2/c1-39(2)57-45(12-26-86-57)54-37-70(36-41-27-55(82-4)59(67-34-41)72-21-24-83-25-22-72)19-20-73(54)43-31-63(32-43)15-17-71(18-16-63)42-5-7-46(51(28-42)74-50-11-23-84-38-56(50)85-61-53(74)30-47-48(64)35-66-58(47)68-61)60(76)69-87(80,81)44-6-8-49(52(29-44)75(78)79)65-33-40-9-13-62(3,77)14-10-40/h5-8,12,26-30,34-35,39-40,43,50,54,56,65,77H,9-11,13-25,31-33,36-38H2,1-4H3,(H,66,68)(H,69,76)/t40-,50-,54-,56-,62-/m0/s1. The zero-order valence-electron chi connectivity index (χ0n) is 49.8. The number of anilines is 5. The molecule has 464 valence electrons. The van der Waals surface area contributed by atoms with Gasteiger partial charge >= 0.3 is 0 Å². The van der Waals surface area contributed by atoms with Crippen LogP contribution in [-0.4, -0.2) is 159 Å². The van der Waals surface area contributed by atoms with Gasteiger partial charge in [-0.05, 0) is 147 Å². The van der Waals surface area contributed by atoms with Crippen molar-refractivity contribution in [2.75, 3.05) is 106 Å². The Morgan fingerprint density at radius 1 is 0.966 bits per heavy atom. The number of hydrogen-bond donors (Lipinski definition) is 4. The lowest BCUT2D eigenvalue weighted by molar-refractivity contribution is -0.384. The second-order valence-corrected chi connectivity index (χ2v) is 28.2. The van der Waals surface area contributed by atoms with Gasteiger partial charge in [-0.25, -0.2) is 22.5 Å². The third-order valence-electron chi connectivity index (χ3n) is 19.6. The Morgan fingerprint density at radius 3 is 2.52 bits per heavy atom. The molecule has 0 bridgehead atoms. The number of aromatic amines is 1. The number of morpholine rings is 1. The number of pyridine rings is 2. The number of nitrogens with zero attached hydrogens (tertiary/aromatic N) is 8. The van der Waals surface area contributed by atoms with Crippen LogP contribution in [-0.2, 0) is 26.0 Å². The van der Waals surface area contributed by atoms with Gasteiger partial charge in [-0.2, -0.15) is 4.98 Å². The van der Waals surface area contributed by atoms with Crippen molar-refractivity contribution in [3.05, 3.63) is 110 Å². The Bertz CT molecular complexity index is 3640. The second kappa shape index (κ2) is 24.0. The number of halogens is 1. The van der Waals surface area contributed by atoms with E-state index in [4.69, 9.17) is 28.9 Å². The van der Waals surface area contributed by atoms with Crippen molar-refractivity contribution < 1.29 is 46.6 Å². The Kier molecular flexibility index (Phi) is 16.4. The minimum absolute atomic E-state index is 0.0172. The molecule has 13 rings (SSSR count). The monoisotopic (exact) mass is 1230 g/mol. The van der Waals surface area contributed by atoms with Gasteiger partial charge in [0, 0.05) is 107 Å². The molecule has 3 atom stereocenters. The topological polar surface area (TPSA) is 233 Å². The van der Waals surface area contributed by atoms with Crippen LogP contribution in [0.15, 0.2) is 77.3 Å². The molecular formula is C63H78FN11O10S2. The van der Waals surface area contributed by atoms with Gasteiger partial charge in [0.05, 0.1) is 65.0 Å². The Labute approximate surface area is 510 Å². The van der Waals surface area contributed by atoms with Gasteiger partial charge in [-0.15, -0.1) is 11.3 Å². The van der Waals surface area contributed by atoms with E-state index in [1.54, 1.807) is 19.2 Å². The number of nitrogens with one attached hydrogen (secondary N) is 3. The number of carbonyl (C=O) groups is 1. The zero-order valence-corrected chi connectivity index (χ0v) is 51.5. The molecule has 9 heterocycles. The number of rotatable bonds is 16. The van der Waals surface area contributed by atoms with Crippen LogP contribution >= 0.6 is 11.3 Å². The average molecular weight is 1230 g/mol. The maximum atomic E-state index is 15.5. The van der Waals surface area contributed by atoms with Gasteiger partial charge in [-0.1, -0.05) is 13.8 Å². The van der Waals surface area contributed by atoms with Crippen molar-refractivity contribution in [1.82, 2.24) is 29.5 Å². The van der Waals surface area contributed by atoms with E-state index in [0.29, 0.717) is 69.0 Å². The molecule has 21 nitrogen and oxygen atoms in total. The first-order chi connectivity index (χ1) is 41.9. The number of piperidine rings is 1. The van der Waals surface area contributed by atoms with E-state index in [1.165, 1.54) is 28.8 Å². The predicted molar refractivity (Wildman–Crippen MR) is 331 cm³/mol. The molecule has 4 N–H and O–H groups in total. The number of carbonyl (C=O) groups excluding carboxylic acids is 1. The maximum absolute atomic E-state index is 15.5. The lowest BCUT2D eigenvalue weighted by atomic mass is 9.59. The molecule has 7 aliphatic rings. The number of fused-ring (bicyclic) bond motifs is 3. The number of benzene rings is 2. The van der Waals surface area contributed by atoms with Crippen molar-refractivity contribution in [1.29, 1.82) is 0 Å². The number of aliphatic hydroxyl groups is 1. The molecule has 4 saturated heterocycles. The fourth-order valence-electron chi connectivity index (χ4n) is 14.7. The van der Waals surface area contributed by atoms with E-state index in [0.717, 1.165) is 120 Å². The van der Waals surface area contributed by atoms with E-state index in [9.17, 15) is 28.4 Å². The van der Waals surface area contributed by atoms with Crippen LogP contribution in [0, 0.1) is 27.3 Å². The Hall–Kier alpha value is -6.67. The number of methoxy groups -OCH3 is 1. The molecule has 1 amide bonds. The molecule has 1 spiro atoms. The molecule has 6 fully saturated rings. The second-order valence-electron chi connectivity index (χ2n) is 25.6. The summed E-state index contributed by atoms with van der Waals surface area (Å²) in [7, 11) is -2.98. The number of nitro benzene ring substituents is 1. The number of nitro groups is 1. The van der Waals surface area contributed by atoms with Crippen molar-refractivity contribution >= 4 is 72.6 Å². The normalized spacial score (nSPS) is 24.6. The highest BCUT2D eigenvalue weighted by atomic mass is 32.2. The summed E-state index contributed by atoms with van der Waals surface area (Å²) < 4.78 is 70.2. The van der Waals surface area contributed by atoms with Crippen LogP contribution in [0.1, 0.15) is 117 Å². The Balaban J connectivity index is 0.745. The van der Waals surface area contributed by atoms with Crippen LogP contribution in [0.4, 0.5) is 38.6 Å². The van der Waals surface area contributed by atoms with Crippen LogP contribution in [0.25, 0.3) is 11.0 Å². The molecular weight excluding hydrogens is 1150 g/mol. The first-order valence-electron chi connectivity index (χ1n) is 30.8. The zero-order chi connectivity index (χ0) is 60.4. The Morgan fingerprint density at radius 2 is 1.76 bits per heavy atom. The number of ether oxygens (including phenoxy) is 4. The molecule has 24 heteroatoms. The molecule has 5 aliphatic heterocycles. The maximum Gasteiger partial charge on any atom is 0.293 e. The largest absolute Gasteiger partial charge is 0.493 e. The summed E-state index contributed by atoms with van der Waals surface area (Å²) in [5.41, 5.74) is 3.60. The summed E-state index contributed by atoms with van der Waals surface area (Å²) in [6, 6.07) is 15.4. The summed E-state index contributed by atoms with van der Waals surface area (Å²) in [5.74, 6) is 0.969. The minimum atomic E-state index is -4.70. The molecule has 2 saturated carbocycles. The van der Waals surface area contributed by atoms with Crippen LogP contribution in [0.5, 0.6) is 11.6 Å².